The molecule has 1 atom stereocenters. The minimum atomic E-state index is -0.739. The highest BCUT2D eigenvalue weighted by Gasteiger charge is 2.29. The predicted octanol–water partition coefficient (Wildman–Crippen LogP) is 2.44. The van der Waals surface area contributed by atoms with E-state index in [1.165, 1.54) is 11.3 Å². The van der Waals surface area contributed by atoms with Gasteiger partial charge in [-0.05, 0) is 19.1 Å². The summed E-state index contributed by atoms with van der Waals surface area (Å²) < 4.78 is 16.3. The number of aromatic nitrogens is 1. The fourth-order valence-corrected chi connectivity index (χ4v) is 3.98. The number of ether oxygens (including phenoxy) is 3. The molecule has 1 unspecified atom stereocenters. The second-order valence-corrected chi connectivity index (χ2v) is 7.20. The molecule has 2 aromatic rings. The molecule has 1 aromatic heterocycles. The highest BCUT2D eigenvalue weighted by molar-refractivity contribution is 7.15. The number of fused-ring (bicyclic) bond motifs is 2. The van der Waals surface area contributed by atoms with Crippen LogP contribution in [-0.2, 0) is 22.5 Å². The van der Waals surface area contributed by atoms with Crippen molar-refractivity contribution in [1.29, 1.82) is 0 Å². The first-order valence-corrected chi connectivity index (χ1v) is 9.55. The van der Waals surface area contributed by atoms with Crippen molar-refractivity contribution in [3.8, 4) is 11.5 Å². The molecule has 0 fully saturated rings. The summed E-state index contributed by atoms with van der Waals surface area (Å²) in [5, 5.41) is 3.30. The lowest BCUT2D eigenvalue weighted by Gasteiger charge is -2.25. The lowest BCUT2D eigenvalue weighted by Crippen LogP contribution is -2.40. The first-order valence-electron chi connectivity index (χ1n) is 8.73. The molecule has 0 saturated carbocycles. The van der Waals surface area contributed by atoms with Crippen molar-refractivity contribution in [3.05, 3.63) is 34.8 Å². The van der Waals surface area contributed by atoms with Crippen LogP contribution in [0.5, 0.6) is 11.5 Å². The third-order valence-electron chi connectivity index (χ3n) is 4.29. The van der Waals surface area contributed by atoms with Crippen LogP contribution in [0.3, 0.4) is 0 Å². The molecule has 27 heavy (non-hydrogen) atoms. The maximum Gasteiger partial charge on any atom is 0.410 e. The Bertz CT molecular complexity index is 868. The smallest absolute Gasteiger partial charge is 0.410 e. The molecule has 3 heterocycles. The van der Waals surface area contributed by atoms with Crippen LogP contribution in [0, 0.1) is 0 Å². The number of thiazole rings is 1. The Labute approximate surface area is 160 Å². The summed E-state index contributed by atoms with van der Waals surface area (Å²) in [6.07, 6.45) is -0.429. The van der Waals surface area contributed by atoms with Gasteiger partial charge in [0.2, 0.25) is 6.10 Å². The Kier molecular flexibility index (Phi) is 4.85. The Morgan fingerprint density at radius 3 is 3.00 bits per heavy atom. The standard InChI is InChI=1S/C18H19N3O5S/c1-2-24-18(23)21-8-7-11-15(9-21)27-17(19-11)20-16(22)14-10-25-12-5-3-4-6-13(12)26-14/h3-6,14H,2,7-10H2,1H3,(H,19,20,22). The summed E-state index contributed by atoms with van der Waals surface area (Å²) in [6.45, 7) is 3.27. The molecule has 0 aliphatic carbocycles. The van der Waals surface area contributed by atoms with Crippen LogP contribution in [0.15, 0.2) is 24.3 Å². The van der Waals surface area contributed by atoms with Gasteiger partial charge < -0.3 is 19.1 Å². The summed E-state index contributed by atoms with van der Waals surface area (Å²) in [7, 11) is 0. The molecule has 2 aliphatic rings. The zero-order valence-corrected chi connectivity index (χ0v) is 15.6. The van der Waals surface area contributed by atoms with Gasteiger partial charge in [0.05, 0.1) is 18.8 Å². The topological polar surface area (TPSA) is 90.0 Å². The Balaban J connectivity index is 1.40. The monoisotopic (exact) mass is 389 g/mol. The van der Waals surface area contributed by atoms with E-state index < -0.39 is 6.10 Å². The fraction of sp³-hybridized carbons (Fsp3) is 0.389. The summed E-state index contributed by atoms with van der Waals surface area (Å²) >= 11 is 1.36. The summed E-state index contributed by atoms with van der Waals surface area (Å²) in [6, 6.07) is 7.24. The normalized spacial score (nSPS) is 17.8. The van der Waals surface area contributed by atoms with Crippen molar-refractivity contribution in [2.45, 2.75) is 26.0 Å². The molecule has 1 N–H and O–H groups in total. The zero-order valence-electron chi connectivity index (χ0n) is 14.8. The quantitative estimate of drug-likeness (QED) is 0.867. The molecule has 2 amide bonds. The van der Waals surface area contributed by atoms with E-state index >= 15 is 0 Å². The number of anilines is 1. The lowest BCUT2D eigenvalue weighted by molar-refractivity contribution is -0.125. The molecule has 142 valence electrons. The van der Waals surface area contributed by atoms with Gasteiger partial charge in [0.15, 0.2) is 16.6 Å². The van der Waals surface area contributed by atoms with Crippen molar-refractivity contribution in [2.24, 2.45) is 0 Å². The van der Waals surface area contributed by atoms with Gasteiger partial charge in [-0.25, -0.2) is 9.78 Å². The summed E-state index contributed by atoms with van der Waals surface area (Å²) in [5.74, 6) is 0.871. The van der Waals surface area contributed by atoms with Crippen molar-refractivity contribution in [3.63, 3.8) is 0 Å². The van der Waals surface area contributed by atoms with Crippen LogP contribution in [0.2, 0.25) is 0 Å². The van der Waals surface area contributed by atoms with Gasteiger partial charge in [-0.15, -0.1) is 0 Å². The minimum Gasteiger partial charge on any atom is -0.485 e. The van der Waals surface area contributed by atoms with Gasteiger partial charge in [0, 0.05) is 17.8 Å². The Hall–Kier alpha value is -2.81. The Morgan fingerprint density at radius 2 is 2.19 bits per heavy atom. The van der Waals surface area contributed by atoms with Crippen LogP contribution in [0.25, 0.3) is 0 Å². The second kappa shape index (κ2) is 7.43. The van der Waals surface area contributed by atoms with Crippen molar-refractivity contribution in [2.75, 3.05) is 25.1 Å². The van der Waals surface area contributed by atoms with E-state index in [1.807, 2.05) is 12.1 Å². The van der Waals surface area contributed by atoms with Crippen LogP contribution >= 0.6 is 11.3 Å². The van der Waals surface area contributed by atoms with Crippen molar-refractivity contribution in [1.82, 2.24) is 9.88 Å². The number of hydrogen-bond acceptors (Lipinski definition) is 7. The first kappa shape index (κ1) is 17.6. The van der Waals surface area contributed by atoms with Gasteiger partial charge in [-0.2, -0.15) is 0 Å². The third kappa shape index (κ3) is 3.68. The molecule has 0 bridgehead atoms. The molecular weight excluding hydrogens is 370 g/mol. The van der Waals surface area contributed by atoms with Gasteiger partial charge >= 0.3 is 6.09 Å². The highest BCUT2D eigenvalue weighted by atomic mass is 32.1. The lowest BCUT2D eigenvalue weighted by atomic mass is 10.2. The van der Waals surface area contributed by atoms with E-state index in [-0.39, 0.29) is 18.6 Å². The number of benzene rings is 1. The Morgan fingerprint density at radius 1 is 1.37 bits per heavy atom. The number of nitrogens with zero attached hydrogens (tertiary/aromatic N) is 2. The number of hydrogen-bond donors (Lipinski definition) is 1. The van der Waals surface area contributed by atoms with Crippen molar-refractivity contribution >= 4 is 28.5 Å². The second-order valence-electron chi connectivity index (χ2n) is 6.11. The van der Waals surface area contributed by atoms with Gasteiger partial charge in [-0.3, -0.25) is 10.1 Å². The molecule has 4 rings (SSSR count). The van der Waals surface area contributed by atoms with Crippen LogP contribution in [0.1, 0.15) is 17.5 Å². The van der Waals surface area contributed by atoms with E-state index in [0.717, 1.165) is 10.6 Å². The molecule has 2 aliphatic heterocycles. The van der Waals surface area contributed by atoms with Crippen molar-refractivity contribution < 1.29 is 23.8 Å². The van der Waals surface area contributed by atoms with Gasteiger partial charge in [-0.1, -0.05) is 23.5 Å². The maximum absolute atomic E-state index is 12.5. The van der Waals surface area contributed by atoms with Crippen LogP contribution < -0.4 is 14.8 Å². The van der Waals surface area contributed by atoms with E-state index in [0.29, 0.717) is 42.7 Å². The highest BCUT2D eigenvalue weighted by Crippen LogP contribution is 2.32. The van der Waals surface area contributed by atoms with Gasteiger partial charge in [0.25, 0.3) is 5.91 Å². The average Bonchev–Trinajstić information content (AvgIpc) is 3.09. The largest absolute Gasteiger partial charge is 0.485 e. The SMILES string of the molecule is CCOC(=O)N1CCc2nc(NC(=O)C3COc4ccccc4O3)sc2C1. The molecule has 1 aromatic carbocycles. The number of nitrogens with one attached hydrogen (secondary N) is 1. The van der Waals surface area contributed by atoms with E-state index in [2.05, 4.69) is 10.3 Å². The summed E-state index contributed by atoms with van der Waals surface area (Å²) in [4.78, 5) is 31.5. The molecule has 0 radical (unpaired) electrons. The predicted molar refractivity (Wildman–Crippen MR) is 98.2 cm³/mol. The van der Waals surface area contributed by atoms with E-state index in [1.54, 1.807) is 24.0 Å². The van der Waals surface area contributed by atoms with E-state index in [4.69, 9.17) is 14.2 Å². The number of amides is 2. The molecule has 0 spiro atoms. The zero-order chi connectivity index (χ0) is 18.8. The number of carbonyl (C=O) groups excluding carboxylic acids is 2. The summed E-state index contributed by atoms with van der Waals surface area (Å²) in [5.41, 5.74) is 0.905. The maximum atomic E-state index is 12.5. The third-order valence-corrected chi connectivity index (χ3v) is 5.29. The number of para-hydroxylation sites is 2. The average molecular weight is 389 g/mol. The molecule has 9 heteroatoms. The number of carbonyl (C=O) groups is 2. The fourth-order valence-electron chi connectivity index (χ4n) is 2.95. The molecular formula is C18H19N3O5S. The molecule has 0 saturated heterocycles. The first-order chi connectivity index (χ1) is 13.1. The number of rotatable bonds is 3. The minimum absolute atomic E-state index is 0.143. The van der Waals surface area contributed by atoms with E-state index in [9.17, 15) is 9.59 Å². The molecule has 8 nitrogen and oxygen atoms in total. The van der Waals surface area contributed by atoms with Crippen LogP contribution in [0.4, 0.5) is 9.93 Å². The van der Waals surface area contributed by atoms with Crippen LogP contribution in [-0.4, -0.2) is 47.7 Å². The van der Waals surface area contributed by atoms with Gasteiger partial charge in [0.1, 0.15) is 6.61 Å².